The Bertz CT molecular complexity index is 3380. The molecule has 2 aromatic heterocycles. The van der Waals surface area contributed by atoms with Crippen LogP contribution in [0.25, 0.3) is 99.5 Å². The molecule has 2 heteroatoms. The Morgan fingerprint density at radius 1 is 0.298 bits per heavy atom. The number of aromatic nitrogens is 2. The van der Waals surface area contributed by atoms with Crippen LogP contribution in [0.3, 0.4) is 0 Å². The van der Waals surface area contributed by atoms with E-state index in [1.54, 1.807) is 0 Å². The highest BCUT2D eigenvalue weighted by Gasteiger charge is 2.22. The number of rotatable bonds is 5. The van der Waals surface area contributed by atoms with Crippen molar-refractivity contribution in [2.45, 2.75) is 6.42 Å². The molecule has 0 radical (unpaired) electrons. The third kappa shape index (κ3) is 4.91. The van der Waals surface area contributed by atoms with Gasteiger partial charge in [0, 0.05) is 32.8 Å². The van der Waals surface area contributed by atoms with E-state index in [1.165, 1.54) is 111 Å². The zero-order valence-corrected chi connectivity index (χ0v) is 31.2. The van der Waals surface area contributed by atoms with Crippen molar-refractivity contribution in [2.24, 2.45) is 0 Å². The predicted octanol–water partition coefficient (Wildman–Crippen LogP) is 14.5. The third-order valence-electron chi connectivity index (χ3n) is 12.2. The highest BCUT2D eigenvalue weighted by atomic mass is 15.0. The van der Waals surface area contributed by atoms with E-state index in [2.05, 4.69) is 215 Å². The minimum absolute atomic E-state index is 0.971. The molecule has 0 bridgehead atoms. The average molecular weight is 725 g/mol. The van der Waals surface area contributed by atoms with E-state index < -0.39 is 0 Å². The molecule has 0 spiro atoms. The van der Waals surface area contributed by atoms with Crippen LogP contribution in [0.5, 0.6) is 0 Å². The Morgan fingerprint density at radius 3 is 1.65 bits per heavy atom. The monoisotopic (exact) mass is 724 g/mol. The summed E-state index contributed by atoms with van der Waals surface area (Å²) in [6.07, 6.45) is 0.971. The van der Waals surface area contributed by atoms with Crippen LogP contribution in [0.4, 0.5) is 0 Å². The number of para-hydroxylation sites is 4. The third-order valence-corrected chi connectivity index (χ3v) is 12.2. The lowest BCUT2D eigenvalue weighted by atomic mass is 9.94. The summed E-state index contributed by atoms with van der Waals surface area (Å²) in [4.78, 5) is 0. The van der Waals surface area contributed by atoms with Crippen LogP contribution in [0.1, 0.15) is 11.1 Å². The van der Waals surface area contributed by atoms with Gasteiger partial charge in [0.25, 0.3) is 0 Å². The second-order valence-corrected chi connectivity index (χ2v) is 15.3. The van der Waals surface area contributed by atoms with Gasteiger partial charge in [-0.2, -0.15) is 0 Å². The number of hydrogen-bond donors (Lipinski definition) is 0. The number of fused-ring (bicyclic) bond motifs is 9. The lowest BCUT2D eigenvalue weighted by molar-refractivity contribution is 1.18. The van der Waals surface area contributed by atoms with E-state index in [1.807, 2.05) is 0 Å². The van der Waals surface area contributed by atoms with Gasteiger partial charge in [-0.15, -0.1) is 0 Å². The normalized spacial score (nSPS) is 12.1. The summed E-state index contributed by atoms with van der Waals surface area (Å²) in [6, 6.07) is 75.8. The predicted molar refractivity (Wildman–Crippen MR) is 240 cm³/mol. The standard InChI is InChI=1S/C55H36N2/c1-2-17-41(18-3-1)56-52-26-10-7-21-46(52)49-33-37(28-30-54(49)56)36-15-12-16-38(32-36)44-20-6-9-25-51(44)57-53-27-11-8-22-47(53)50-35-40(29-31-55(50)57)43-23-13-24-45-42-19-5-4-14-39(42)34-48(43)45/h1-33,35H,34H2. The Kier molecular flexibility index (Phi) is 7.02. The van der Waals surface area contributed by atoms with Gasteiger partial charge in [-0.3, -0.25) is 0 Å². The fourth-order valence-electron chi connectivity index (χ4n) is 9.61. The van der Waals surface area contributed by atoms with Crippen LogP contribution in [-0.4, -0.2) is 9.13 Å². The molecule has 0 aliphatic heterocycles. The molecule has 0 amide bonds. The van der Waals surface area contributed by atoms with Crippen LogP contribution in [0.2, 0.25) is 0 Å². The minimum atomic E-state index is 0.971. The van der Waals surface area contributed by atoms with Gasteiger partial charge in [-0.05, 0) is 117 Å². The molecule has 0 atom stereocenters. The molecule has 1 aliphatic rings. The molecule has 266 valence electrons. The van der Waals surface area contributed by atoms with Crippen molar-refractivity contribution in [3.8, 4) is 55.9 Å². The first kappa shape index (κ1) is 31.9. The first-order valence-corrected chi connectivity index (χ1v) is 19.8. The molecule has 0 saturated heterocycles. The van der Waals surface area contributed by atoms with Gasteiger partial charge >= 0.3 is 0 Å². The van der Waals surface area contributed by atoms with Crippen molar-refractivity contribution in [1.82, 2.24) is 9.13 Å². The smallest absolute Gasteiger partial charge is 0.0541 e. The van der Waals surface area contributed by atoms with Crippen molar-refractivity contribution in [3.63, 3.8) is 0 Å². The van der Waals surface area contributed by atoms with Gasteiger partial charge in [0.2, 0.25) is 0 Å². The molecule has 57 heavy (non-hydrogen) atoms. The quantitative estimate of drug-likeness (QED) is 0.167. The topological polar surface area (TPSA) is 9.86 Å². The SMILES string of the molecule is c1ccc(-n2c3ccccc3c3cc(-c4cccc(-c5ccccc5-n5c6ccccc6c6cc(-c7cccc8c7Cc7ccccc7-8)ccc65)c4)ccc32)cc1. The van der Waals surface area contributed by atoms with E-state index in [-0.39, 0.29) is 0 Å². The lowest BCUT2D eigenvalue weighted by Gasteiger charge is -2.15. The second-order valence-electron chi connectivity index (χ2n) is 15.3. The van der Waals surface area contributed by atoms with Crippen molar-refractivity contribution >= 4 is 43.6 Å². The first-order chi connectivity index (χ1) is 28.3. The Balaban J connectivity index is 0.985. The van der Waals surface area contributed by atoms with Gasteiger partial charge in [0.1, 0.15) is 0 Å². The first-order valence-electron chi connectivity index (χ1n) is 19.8. The Hall–Kier alpha value is -7.42. The molecule has 1 aliphatic carbocycles. The second kappa shape index (κ2) is 12.6. The van der Waals surface area contributed by atoms with E-state index in [9.17, 15) is 0 Å². The summed E-state index contributed by atoms with van der Waals surface area (Å²) in [6.45, 7) is 0. The molecular formula is C55H36N2. The maximum Gasteiger partial charge on any atom is 0.0541 e. The van der Waals surface area contributed by atoms with Crippen molar-refractivity contribution in [1.29, 1.82) is 0 Å². The van der Waals surface area contributed by atoms with Crippen molar-refractivity contribution < 1.29 is 0 Å². The highest BCUT2D eigenvalue weighted by molar-refractivity contribution is 6.12. The van der Waals surface area contributed by atoms with Crippen LogP contribution in [0, 0.1) is 0 Å². The molecule has 0 N–H and O–H groups in total. The molecule has 0 fully saturated rings. The zero-order valence-electron chi connectivity index (χ0n) is 31.2. The number of nitrogens with zero attached hydrogens (tertiary/aromatic N) is 2. The van der Waals surface area contributed by atoms with Crippen LogP contribution < -0.4 is 0 Å². The summed E-state index contributed by atoms with van der Waals surface area (Å²) in [5, 5.41) is 5.04. The number of benzene rings is 9. The van der Waals surface area contributed by atoms with Crippen molar-refractivity contribution in [3.05, 3.63) is 217 Å². The molecule has 12 rings (SSSR count). The average Bonchev–Trinajstić information content (AvgIpc) is 3.94. The lowest BCUT2D eigenvalue weighted by Crippen LogP contribution is -1.97. The van der Waals surface area contributed by atoms with Crippen LogP contribution >= 0.6 is 0 Å². The zero-order chi connectivity index (χ0) is 37.5. The van der Waals surface area contributed by atoms with E-state index in [0.29, 0.717) is 0 Å². The van der Waals surface area contributed by atoms with Gasteiger partial charge < -0.3 is 9.13 Å². The molecule has 0 unspecified atom stereocenters. The Morgan fingerprint density at radius 2 is 0.825 bits per heavy atom. The summed E-state index contributed by atoms with van der Waals surface area (Å²) in [7, 11) is 0. The van der Waals surface area contributed by atoms with Gasteiger partial charge in [0.05, 0.1) is 27.8 Å². The molecule has 2 nitrogen and oxygen atoms in total. The van der Waals surface area contributed by atoms with Gasteiger partial charge in [0.15, 0.2) is 0 Å². The van der Waals surface area contributed by atoms with Crippen LogP contribution in [-0.2, 0) is 6.42 Å². The van der Waals surface area contributed by atoms with E-state index in [0.717, 1.165) is 6.42 Å². The van der Waals surface area contributed by atoms with Gasteiger partial charge in [-0.1, -0.05) is 146 Å². The fraction of sp³-hybridized carbons (Fsp3) is 0.0182. The summed E-state index contributed by atoms with van der Waals surface area (Å²) >= 11 is 0. The molecule has 0 saturated carbocycles. The molecular weight excluding hydrogens is 689 g/mol. The maximum atomic E-state index is 2.46. The van der Waals surface area contributed by atoms with E-state index >= 15 is 0 Å². The summed E-state index contributed by atoms with van der Waals surface area (Å²) < 4.78 is 4.84. The largest absolute Gasteiger partial charge is 0.309 e. The van der Waals surface area contributed by atoms with Crippen molar-refractivity contribution in [2.75, 3.05) is 0 Å². The van der Waals surface area contributed by atoms with E-state index in [4.69, 9.17) is 0 Å². The highest BCUT2D eigenvalue weighted by Crippen LogP contribution is 2.44. The summed E-state index contributed by atoms with van der Waals surface area (Å²) in [5.41, 5.74) is 20.1. The number of hydrogen-bond acceptors (Lipinski definition) is 0. The molecule has 2 heterocycles. The fourth-order valence-corrected chi connectivity index (χ4v) is 9.61. The summed E-state index contributed by atoms with van der Waals surface area (Å²) in [5.74, 6) is 0. The van der Waals surface area contributed by atoms with Gasteiger partial charge in [-0.25, -0.2) is 0 Å². The van der Waals surface area contributed by atoms with Crippen LogP contribution in [0.15, 0.2) is 206 Å². The maximum absolute atomic E-state index is 2.46. The minimum Gasteiger partial charge on any atom is -0.309 e. The molecule has 11 aromatic rings. The molecule has 9 aromatic carbocycles. The Labute approximate surface area is 331 Å².